The molecule has 1 aliphatic rings. The molecule has 1 heterocycles. The summed E-state index contributed by atoms with van der Waals surface area (Å²) in [6, 6.07) is 9.14. The minimum atomic E-state index is -3.84. The van der Waals surface area contributed by atoms with Crippen molar-refractivity contribution in [2.45, 2.75) is 44.4 Å². The molecule has 1 fully saturated rings. The number of halogens is 1. The van der Waals surface area contributed by atoms with E-state index in [-0.39, 0.29) is 35.4 Å². The third-order valence-electron chi connectivity index (χ3n) is 5.40. The van der Waals surface area contributed by atoms with Crippen LogP contribution in [0.5, 0.6) is 0 Å². The Kier molecular flexibility index (Phi) is 7.13. The second-order valence-corrected chi connectivity index (χ2v) is 10.2. The highest BCUT2D eigenvalue weighted by Gasteiger charge is 2.28. The monoisotopic (exact) mass is 448 g/mol. The highest BCUT2D eigenvalue weighted by Crippen LogP contribution is 2.33. The van der Waals surface area contributed by atoms with Crippen molar-refractivity contribution in [2.24, 2.45) is 0 Å². The Morgan fingerprint density at radius 3 is 2.16 bits per heavy atom. The number of benzene rings is 2. The third kappa shape index (κ3) is 4.97. The van der Waals surface area contributed by atoms with Gasteiger partial charge in [0.25, 0.3) is 5.91 Å². The molecule has 3 rings (SSSR count). The summed E-state index contributed by atoms with van der Waals surface area (Å²) in [5.41, 5.74) is 2.23. The Balaban J connectivity index is 1.98. The van der Waals surface area contributed by atoms with Crippen molar-refractivity contribution in [2.75, 3.05) is 31.6 Å². The number of anilines is 1. The second kappa shape index (κ2) is 9.46. The van der Waals surface area contributed by atoms with E-state index in [4.69, 9.17) is 4.74 Å². The molecule has 0 spiro atoms. The molecule has 2 aromatic carbocycles. The van der Waals surface area contributed by atoms with E-state index in [2.05, 4.69) is 5.32 Å². The number of para-hydroxylation sites is 1. The molecule has 1 N–H and O–H groups in total. The summed E-state index contributed by atoms with van der Waals surface area (Å²) in [7, 11) is -3.84. The van der Waals surface area contributed by atoms with Crippen LogP contribution in [-0.4, -0.2) is 44.9 Å². The smallest absolute Gasteiger partial charge is 0.258 e. The first kappa shape index (κ1) is 23.4. The molecule has 0 atom stereocenters. The van der Waals surface area contributed by atoms with Crippen LogP contribution in [0.15, 0.2) is 41.3 Å². The fourth-order valence-corrected chi connectivity index (χ4v) is 5.09. The van der Waals surface area contributed by atoms with Crippen LogP contribution in [0, 0.1) is 5.82 Å². The molecule has 0 unspecified atom stereocenters. The standard InChI is InChI=1S/C23H29FN2O4S/c1-15(2)18-6-5-7-19(16(3)4)22(18)25-23(27)20-14-17(8-9-21(20)24)31(28,29)26-10-12-30-13-11-26/h5-9,14-16H,10-13H2,1-4H3,(H,25,27). The van der Waals surface area contributed by atoms with Crippen LogP contribution in [0.1, 0.15) is 61.0 Å². The molecule has 168 valence electrons. The maximum absolute atomic E-state index is 14.6. The van der Waals surface area contributed by atoms with Gasteiger partial charge in [-0.15, -0.1) is 0 Å². The lowest BCUT2D eigenvalue weighted by Gasteiger charge is -2.26. The summed E-state index contributed by atoms with van der Waals surface area (Å²) < 4.78 is 46.9. The largest absolute Gasteiger partial charge is 0.379 e. The van der Waals surface area contributed by atoms with E-state index in [0.29, 0.717) is 18.9 Å². The Morgan fingerprint density at radius 2 is 1.61 bits per heavy atom. The molecule has 0 radical (unpaired) electrons. The van der Waals surface area contributed by atoms with E-state index < -0.39 is 21.7 Å². The van der Waals surface area contributed by atoms with Gasteiger partial charge in [0.2, 0.25) is 10.0 Å². The molecule has 0 aliphatic carbocycles. The Labute approximate surface area is 183 Å². The maximum Gasteiger partial charge on any atom is 0.258 e. The van der Waals surface area contributed by atoms with Gasteiger partial charge >= 0.3 is 0 Å². The fourth-order valence-electron chi connectivity index (χ4n) is 3.65. The first-order chi connectivity index (χ1) is 14.6. The number of rotatable bonds is 6. The molecule has 6 nitrogen and oxygen atoms in total. The Bertz CT molecular complexity index is 1030. The number of nitrogens with one attached hydrogen (secondary N) is 1. The molecule has 2 aromatic rings. The highest BCUT2D eigenvalue weighted by atomic mass is 32.2. The number of ether oxygens (including phenoxy) is 1. The van der Waals surface area contributed by atoms with Gasteiger partial charge in [-0.25, -0.2) is 12.8 Å². The van der Waals surface area contributed by atoms with Crippen molar-refractivity contribution in [1.29, 1.82) is 0 Å². The summed E-state index contributed by atoms with van der Waals surface area (Å²) >= 11 is 0. The zero-order valence-electron chi connectivity index (χ0n) is 18.3. The summed E-state index contributed by atoms with van der Waals surface area (Å²) in [6.45, 7) is 9.13. The topological polar surface area (TPSA) is 75.7 Å². The van der Waals surface area contributed by atoms with Crippen LogP contribution in [-0.2, 0) is 14.8 Å². The van der Waals surface area contributed by atoms with Crippen molar-refractivity contribution in [3.63, 3.8) is 0 Å². The zero-order chi connectivity index (χ0) is 22.8. The maximum atomic E-state index is 14.6. The van der Waals surface area contributed by atoms with Crippen molar-refractivity contribution >= 4 is 21.6 Å². The average Bonchev–Trinajstić information content (AvgIpc) is 2.74. The number of carbonyl (C=O) groups is 1. The van der Waals surface area contributed by atoms with Crippen LogP contribution in [0.2, 0.25) is 0 Å². The van der Waals surface area contributed by atoms with Crippen LogP contribution in [0.3, 0.4) is 0 Å². The van der Waals surface area contributed by atoms with Gasteiger partial charge in [0.1, 0.15) is 5.82 Å². The lowest BCUT2D eigenvalue weighted by molar-refractivity contribution is 0.0730. The van der Waals surface area contributed by atoms with Crippen molar-refractivity contribution in [3.05, 3.63) is 58.9 Å². The number of morpholine rings is 1. The van der Waals surface area contributed by atoms with Gasteiger partial charge in [-0.2, -0.15) is 4.31 Å². The summed E-state index contributed by atoms with van der Waals surface area (Å²) in [4.78, 5) is 13.0. The minimum absolute atomic E-state index is 0.109. The Morgan fingerprint density at radius 1 is 1.03 bits per heavy atom. The van der Waals surface area contributed by atoms with Crippen molar-refractivity contribution in [1.82, 2.24) is 4.31 Å². The lowest BCUT2D eigenvalue weighted by Crippen LogP contribution is -2.40. The van der Waals surface area contributed by atoms with E-state index in [9.17, 15) is 17.6 Å². The van der Waals surface area contributed by atoms with Crippen LogP contribution < -0.4 is 5.32 Å². The molecular weight excluding hydrogens is 419 g/mol. The normalized spacial score (nSPS) is 15.5. The molecule has 0 bridgehead atoms. The molecule has 1 saturated heterocycles. The molecule has 1 amide bonds. The van der Waals surface area contributed by atoms with E-state index in [1.54, 1.807) is 0 Å². The van der Waals surface area contributed by atoms with Gasteiger partial charge < -0.3 is 10.1 Å². The first-order valence-electron chi connectivity index (χ1n) is 10.4. The first-order valence-corrected chi connectivity index (χ1v) is 11.9. The number of nitrogens with zero attached hydrogens (tertiary/aromatic N) is 1. The second-order valence-electron chi connectivity index (χ2n) is 8.23. The van der Waals surface area contributed by atoms with Gasteiger partial charge in [0, 0.05) is 18.8 Å². The molecule has 31 heavy (non-hydrogen) atoms. The van der Waals surface area contributed by atoms with Gasteiger partial charge in [0.05, 0.1) is 23.7 Å². The third-order valence-corrected chi connectivity index (χ3v) is 7.30. The van der Waals surface area contributed by atoms with Crippen molar-refractivity contribution < 1.29 is 22.3 Å². The SMILES string of the molecule is CC(C)c1cccc(C(C)C)c1NC(=O)c1cc(S(=O)(=O)N2CCOCC2)ccc1F. The zero-order valence-corrected chi connectivity index (χ0v) is 19.1. The number of sulfonamides is 1. The lowest BCUT2D eigenvalue weighted by atomic mass is 9.92. The summed E-state index contributed by atoms with van der Waals surface area (Å²) in [5, 5.41) is 2.85. The predicted octanol–water partition coefficient (Wildman–Crippen LogP) is 4.35. The summed E-state index contributed by atoms with van der Waals surface area (Å²) in [6.07, 6.45) is 0. The van der Waals surface area contributed by atoms with Gasteiger partial charge in [-0.05, 0) is 41.2 Å². The van der Waals surface area contributed by atoms with E-state index in [1.807, 2.05) is 45.9 Å². The number of hydrogen-bond acceptors (Lipinski definition) is 4. The van der Waals surface area contributed by atoms with Crippen LogP contribution in [0.25, 0.3) is 0 Å². The molecule has 0 aromatic heterocycles. The van der Waals surface area contributed by atoms with Gasteiger partial charge in [-0.3, -0.25) is 4.79 Å². The minimum Gasteiger partial charge on any atom is -0.379 e. The number of hydrogen-bond donors (Lipinski definition) is 1. The van der Waals surface area contributed by atoms with E-state index >= 15 is 0 Å². The average molecular weight is 449 g/mol. The fraction of sp³-hybridized carbons (Fsp3) is 0.435. The highest BCUT2D eigenvalue weighted by molar-refractivity contribution is 7.89. The molecule has 8 heteroatoms. The van der Waals surface area contributed by atoms with Gasteiger partial charge in [0.15, 0.2) is 0 Å². The summed E-state index contributed by atoms with van der Waals surface area (Å²) in [5.74, 6) is -1.16. The molecule has 1 aliphatic heterocycles. The van der Waals surface area contributed by atoms with Crippen LogP contribution in [0.4, 0.5) is 10.1 Å². The van der Waals surface area contributed by atoms with Crippen molar-refractivity contribution in [3.8, 4) is 0 Å². The van der Waals surface area contributed by atoms with Crippen LogP contribution >= 0.6 is 0 Å². The Hall–Kier alpha value is -2.29. The predicted molar refractivity (Wildman–Crippen MR) is 119 cm³/mol. The quantitative estimate of drug-likeness (QED) is 0.713. The van der Waals surface area contributed by atoms with Gasteiger partial charge in [-0.1, -0.05) is 45.9 Å². The van der Waals surface area contributed by atoms with E-state index in [0.717, 1.165) is 23.3 Å². The van der Waals surface area contributed by atoms with E-state index in [1.165, 1.54) is 10.4 Å². The molecular formula is C23H29FN2O4S. The molecule has 0 saturated carbocycles. The number of amides is 1. The number of carbonyl (C=O) groups excluding carboxylic acids is 1.